The van der Waals surface area contributed by atoms with Crippen LogP contribution in [0.25, 0.3) is 33.2 Å². The smallest absolute Gasteiger partial charge is 0.382 e. The Hall–Kier alpha value is -3.85. The summed E-state index contributed by atoms with van der Waals surface area (Å²) in [5.41, 5.74) is 7.14. The molecule has 5 aromatic rings. The summed E-state index contributed by atoms with van der Waals surface area (Å²) in [4.78, 5) is 20.8. The van der Waals surface area contributed by atoms with Gasteiger partial charge in [0.1, 0.15) is 17.3 Å². The Morgan fingerprint density at radius 1 is 0.909 bits per heavy atom. The molecular formula is C23H14ClF3N6. The Kier molecular flexibility index (Phi) is 5.05. The second-order valence-corrected chi connectivity index (χ2v) is 7.70. The molecule has 0 saturated carbocycles. The molecule has 0 amide bonds. The van der Waals surface area contributed by atoms with Gasteiger partial charge >= 0.3 is 6.18 Å². The molecule has 0 unspecified atom stereocenters. The maximum Gasteiger partial charge on any atom is 0.402 e. The van der Waals surface area contributed by atoms with Gasteiger partial charge in [-0.3, -0.25) is 9.97 Å². The highest BCUT2D eigenvalue weighted by atomic mass is 35.5. The molecule has 0 bridgehead atoms. The Bertz CT molecular complexity index is 1490. The van der Waals surface area contributed by atoms with E-state index in [0.717, 1.165) is 0 Å². The van der Waals surface area contributed by atoms with E-state index in [-0.39, 0.29) is 28.1 Å². The summed E-state index contributed by atoms with van der Waals surface area (Å²) in [6.07, 6.45) is -0.298. The molecule has 33 heavy (non-hydrogen) atoms. The number of nitrogen functional groups attached to an aromatic ring is 1. The van der Waals surface area contributed by atoms with Crippen LogP contribution in [-0.2, 0) is 0 Å². The summed E-state index contributed by atoms with van der Waals surface area (Å²) in [6.45, 7) is 0. The van der Waals surface area contributed by atoms with Crippen molar-refractivity contribution in [1.29, 1.82) is 0 Å². The molecule has 0 saturated heterocycles. The van der Waals surface area contributed by atoms with Gasteiger partial charge in [0.05, 0.1) is 21.7 Å². The van der Waals surface area contributed by atoms with E-state index in [1.165, 1.54) is 30.7 Å². The first-order valence-corrected chi connectivity index (χ1v) is 10.1. The minimum Gasteiger partial charge on any atom is -0.382 e. The lowest BCUT2D eigenvalue weighted by atomic mass is 9.91. The van der Waals surface area contributed by atoms with Crippen LogP contribution < -0.4 is 5.73 Å². The molecule has 0 fully saturated rings. The first-order valence-electron chi connectivity index (χ1n) is 9.77. The van der Waals surface area contributed by atoms with E-state index in [1.807, 2.05) is 0 Å². The van der Waals surface area contributed by atoms with E-state index in [1.54, 1.807) is 36.4 Å². The number of nitrogens with two attached hydrogens (primary N) is 1. The molecule has 0 aliphatic rings. The number of pyridine rings is 3. The zero-order chi connectivity index (χ0) is 23.2. The average Bonchev–Trinajstić information content (AvgIpc) is 2.79. The van der Waals surface area contributed by atoms with Crippen molar-refractivity contribution in [3.63, 3.8) is 0 Å². The van der Waals surface area contributed by atoms with Crippen molar-refractivity contribution in [2.45, 2.75) is 12.1 Å². The third kappa shape index (κ3) is 3.80. The number of benzene rings is 1. The predicted octanol–water partition coefficient (Wildman–Crippen LogP) is 5.56. The summed E-state index contributed by atoms with van der Waals surface area (Å²) in [5.74, 6) is -2.83. The highest BCUT2D eigenvalue weighted by Crippen LogP contribution is 2.44. The van der Waals surface area contributed by atoms with Crippen molar-refractivity contribution >= 4 is 39.4 Å². The number of rotatable bonds is 3. The SMILES string of the molecule is Nc1nc([C@H](c2cc3cccc(Cl)c3nc2-c2cccnc2)C(F)(F)F)nc2cccnc12. The fourth-order valence-corrected chi connectivity index (χ4v) is 3.96. The lowest BCUT2D eigenvalue weighted by Gasteiger charge is -2.23. The van der Waals surface area contributed by atoms with Gasteiger partial charge in [-0.1, -0.05) is 23.7 Å². The number of aromatic nitrogens is 5. The second-order valence-electron chi connectivity index (χ2n) is 7.29. The number of anilines is 1. The van der Waals surface area contributed by atoms with Crippen LogP contribution in [0.1, 0.15) is 17.3 Å². The van der Waals surface area contributed by atoms with Crippen LogP contribution in [0, 0.1) is 0 Å². The summed E-state index contributed by atoms with van der Waals surface area (Å²) in [7, 11) is 0. The fourth-order valence-electron chi connectivity index (χ4n) is 3.73. The molecule has 0 aliphatic heterocycles. The maximum atomic E-state index is 14.6. The van der Waals surface area contributed by atoms with Gasteiger partial charge in [-0.25, -0.2) is 15.0 Å². The normalized spacial score (nSPS) is 12.8. The molecular weight excluding hydrogens is 453 g/mol. The van der Waals surface area contributed by atoms with E-state index < -0.39 is 17.9 Å². The third-order valence-electron chi connectivity index (χ3n) is 5.16. The van der Waals surface area contributed by atoms with Gasteiger partial charge in [0.15, 0.2) is 5.82 Å². The van der Waals surface area contributed by atoms with E-state index in [0.29, 0.717) is 21.5 Å². The summed E-state index contributed by atoms with van der Waals surface area (Å²) in [5, 5.41) is 0.778. The maximum absolute atomic E-state index is 14.6. The first kappa shape index (κ1) is 21.0. The molecule has 0 spiro atoms. The van der Waals surface area contributed by atoms with E-state index in [9.17, 15) is 13.2 Å². The lowest BCUT2D eigenvalue weighted by Crippen LogP contribution is -2.25. The van der Waals surface area contributed by atoms with Crippen LogP contribution >= 0.6 is 11.6 Å². The van der Waals surface area contributed by atoms with Crippen LogP contribution in [0.2, 0.25) is 5.02 Å². The topological polar surface area (TPSA) is 90.5 Å². The van der Waals surface area contributed by atoms with Crippen molar-refractivity contribution in [1.82, 2.24) is 24.9 Å². The minimum atomic E-state index is -4.74. The standard InChI is InChI=1S/C23H14ClF3N6/c24-15-6-1-4-12-10-14(18(32-19(12)15)13-5-2-8-29-11-13)17(23(25,26)27)22-31-16-7-3-9-30-20(16)21(28)33-22/h1-11,17H,(H2,28,31,33)/t17-/m0/s1. The Balaban J connectivity index is 1.84. The fraction of sp³-hybridized carbons (Fsp3) is 0.0870. The monoisotopic (exact) mass is 466 g/mol. The van der Waals surface area contributed by atoms with Gasteiger partial charge in [0.2, 0.25) is 0 Å². The van der Waals surface area contributed by atoms with Gasteiger partial charge in [-0.2, -0.15) is 13.2 Å². The predicted molar refractivity (Wildman–Crippen MR) is 120 cm³/mol. The third-order valence-corrected chi connectivity index (χ3v) is 5.46. The average molecular weight is 467 g/mol. The van der Waals surface area contributed by atoms with Crippen molar-refractivity contribution in [2.75, 3.05) is 5.73 Å². The Morgan fingerprint density at radius 2 is 1.73 bits per heavy atom. The molecule has 6 nitrogen and oxygen atoms in total. The highest BCUT2D eigenvalue weighted by Gasteiger charge is 2.46. The largest absolute Gasteiger partial charge is 0.402 e. The number of alkyl halides is 3. The van der Waals surface area contributed by atoms with Crippen molar-refractivity contribution in [2.24, 2.45) is 0 Å². The van der Waals surface area contributed by atoms with E-state index in [2.05, 4.69) is 24.9 Å². The summed E-state index contributed by atoms with van der Waals surface area (Å²) >= 11 is 6.29. The Morgan fingerprint density at radius 3 is 2.48 bits per heavy atom. The number of hydrogen-bond acceptors (Lipinski definition) is 6. The zero-order valence-corrected chi connectivity index (χ0v) is 17.5. The molecule has 5 rings (SSSR count). The molecule has 4 heterocycles. The number of para-hydroxylation sites is 1. The quantitative estimate of drug-likeness (QED) is 0.374. The number of hydrogen-bond donors (Lipinski definition) is 1. The van der Waals surface area contributed by atoms with Crippen LogP contribution in [0.5, 0.6) is 0 Å². The molecule has 0 radical (unpaired) electrons. The lowest BCUT2D eigenvalue weighted by molar-refractivity contribution is -0.142. The van der Waals surface area contributed by atoms with E-state index in [4.69, 9.17) is 17.3 Å². The Labute approximate surface area is 190 Å². The number of halogens is 4. The number of fused-ring (bicyclic) bond motifs is 2. The van der Waals surface area contributed by atoms with Crippen LogP contribution in [0.4, 0.5) is 19.0 Å². The molecule has 1 aromatic carbocycles. The molecule has 4 aromatic heterocycles. The van der Waals surface area contributed by atoms with Crippen molar-refractivity contribution < 1.29 is 13.2 Å². The van der Waals surface area contributed by atoms with Crippen molar-refractivity contribution in [3.05, 3.63) is 83.5 Å². The highest BCUT2D eigenvalue weighted by molar-refractivity contribution is 6.35. The zero-order valence-electron chi connectivity index (χ0n) is 16.8. The molecule has 2 N–H and O–H groups in total. The van der Waals surface area contributed by atoms with Crippen LogP contribution in [-0.4, -0.2) is 31.1 Å². The second kappa shape index (κ2) is 7.93. The number of nitrogens with zero attached hydrogens (tertiary/aromatic N) is 5. The first-order chi connectivity index (χ1) is 15.8. The summed E-state index contributed by atoms with van der Waals surface area (Å²) in [6, 6.07) is 12.7. The molecule has 164 valence electrons. The van der Waals surface area contributed by atoms with Gasteiger partial charge < -0.3 is 5.73 Å². The minimum absolute atomic E-state index is 0.0829. The van der Waals surface area contributed by atoms with Gasteiger partial charge in [0.25, 0.3) is 0 Å². The summed E-state index contributed by atoms with van der Waals surface area (Å²) < 4.78 is 43.8. The molecule has 1 atom stereocenters. The molecule has 0 aliphatic carbocycles. The van der Waals surface area contributed by atoms with Gasteiger partial charge in [-0.15, -0.1) is 0 Å². The van der Waals surface area contributed by atoms with Gasteiger partial charge in [0, 0.05) is 29.5 Å². The van der Waals surface area contributed by atoms with Crippen LogP contribution in [0.3, 0.4) is 0 Å². The van der Waals surface area contributed by atoms with Gasteiger partial charge in [-0.05, 0) is 42.0 Å². The van der Waals surface area contributed by atoms with E-state index >= 15 is 0 Å². The van der Waals surface area contributed by atoms with Crippen LogP contribution in [0.15, 0.2) is 67.1 Å². The van der Waals surface area contributed by atoms with Crippen molar-refractivity contribution in [3.8, 4) is 11.3 Å². The molecule has 10 heteroatoms.